The Morgan fingerprint density at radius 3 is 3.00 bits per heavy atom. The lowest BCUT2D eigenvalue weighted by atomic mass is 10.1. The predicted molar refractivity (Wildman–Crippen MR) is 83.7 cm³/mol. The zero-order chi connectivity index (χ0) is 12.3. The Morgan fingerprint density at radius 1 is 1.50 bits per heavy atom. The molecule has 0 saturated carbocycles. The van der Waals surface area contributed by atoms with Crippen molar-refractivity contribution in [2.45, 2.75) is 13.0 Å². The van der Waals surface area contributed by atoms with Gasteiger partial charge in [-0.3, -0.25) is 4.90 Å². The summed E-state index contributed by atoms with van der Waals surface area (Å²) in [6, 6.07) is 6.06. The summed E-state index contributed by atoms with van der Waals surface area (Å²) < 4.78 is 1.10. The van der Waals surface area contributed by atoms with E-state index in [1.165, 1.54) is 25.1 Å². The summed E-state index contributed by atoms with van der Waals surface area (Å²) in [5.74, 6) is 0.783. The molecule has 1 atom stereocenters. The molecule has 18 heavy (non-hydrogen) atoms. The van der Waals surface area contributed by atoms with Crippen LogP contribution in [0.2, 0.25) is 5.02 Å². The Bertz CT molecular complexity index is 387. The standard InChI is InChI=1S/C13H18BrClN2.ClH/c1-16-7-10-4-5-17(8-10)9-11-6-12(14)2-3-13(11)15;/h2-3,6,10,16H,4-5,7-9H2,1H3;1H. The van der Waals surface area contributed by atoms with Gasteiger partial charge in [0.15, 0.2) is 0 Å². The highest BCUT2D eigenvalue weighted by Crippen LogP contribution is 2.25. The highest BCUT2D eigenvalue weighted by atomic mass is 79.9. The molecule has 0 radical (unpaired) electrons. The topological polar surface area (TPSA) is 15.3 Å². The molecule has 5 heteroatoms. The first-order chi connectivity index (χ1) is 8.19. The molecule has 1 aliphatic rings. The van der Waals surface area contributed by atoms with E-state index < -0.39 is 0 Å². The highest BCUT2D eigenvalue weighted by molar-refractivity contribution is 9.10. The monoisotopic (exact) mass is 352 g/mol. The normalized spacial score (nSPS) is 19.8. The summed E-state index contributed by atoms with van der Waals surface area (Å²) in [6.45, 7) is 4.42. The highest BCUT2D eigenvalue weighted by Gasteiger charge is 2.22. The average molecular weight is 354 g/mol. The zero-order valence-corrected chi connectivity index (χ0v) is 13.6. The summed E-state index contributed by atoms with van der Waals surface area (Å²) in [4.78, 5) is 2.48. The molecule has 1 fully saturated rings. The van der Waals surface area contributed by atoms with Gasteiger partial charge in [-0.05, 0) is 56.2 Å². The number of rotatable bonds is 4. The van der Waals surface area contributed by atoms with Crippen LogP contribution in [0.4, 0.5) is 0 Å². The van der Waals surface area contributed by atoms with Crippen molar-refractivity contribution in [3.63, 3.8) is 0 Å². The van der Waals surface area contributed by atoms with E-state index in [9.17, 15) is 0 Å². The van der Waals surface area contributed by atoms with Gasteiger partial charge < -0.3 is 5.32 Å². The number of halogens is 3. The number of hydrogen-bond donors (Lipinski definition) is 1. The van der Waals surface area contributed by atoms with Gasteiger partial charge in [-0.15, -0.1) is 12.4 Å². The lowest BCUT2D eigenvalue weighted by molar-refractivity contribution is 0.315. The van der Waals surface area contributed by atoms with Crippen LogP contribution in [0.15, 0.2) is 22.7 Å². The Hall–Kier alpha value is 0.200. The quantitative estimate of drug-likeness (QED) is 0.890. The van der Waals surface area contributed by atoms with E-state index in [-0.39, 0.29) is 12.4 Å². The van der Waals surface area contributed by atoms with Gasteiger partial charge in [0, 0.05) is 22.6 Å². The van der Waals surface area contributed by atoms with Crippen molar-refractivity contribution in [1.29, 1.82) is 0 Å². The van der Waals surface area contributed by atoms with Crippen LogP contribution in [-0.4, -0.2) is 31.6 Å². The average Bonchev–Trinajstić information content (AvgIpc) is 2.72. The second kappa shape index (κ2) is 7.71. The molecule has 1 N–H and O–H groups in total. The van der Waals surface area contributed by atoms with Gasteiger partial charge >= 0.3 is 0 Å². The largest absolute Gasteiger partial charge is 0.319 e. The third-order valence-corrected chi connectivity index (χ3v) is 4.13. The minimum Gasteiger partial charge on any atom is -0.319 e. The molecule has 1 heterocycles. The maximum absolute atomic E-state index is 6.21. The minimum absolute atomic E-state index is 0. The van der Waals surface area contributed by atoms with Gasteiger partial charge in [-0.25, -0.2) is 0 Å². The summed E-state index contributed by atoms with van der Waals surface area (Å²) in [6.07, 6.45) is 1.28. The maximum atomic E-state index is 6.21. The lowest BCUT2D eigenvalue weighted by Crippen LogP contribution is -2.24. The van der Waals surface area contributed by atoms with E-state index in [2.05, 4.69) is 32.2 Å². The van der Waals surface area contributed by atoms with Crippen LogP contribution in [0.3, 0.4) is 0 Å². The van der Waals surface area contributed by atoms with Crippen LogP contribution in [0, 0.1) is 5.92 Å². The van der Waals surface area contributed by atoms with Crippen LogP contribution in [0.25, 0.3) is 0 Å². The summed E-state index contributed by atoms with van der Waals surface area (Å²) in [7, 11) is 2.02. The number of nitrogens with one attached hydrogen (secondary N) is 1. The molecule has 102 valence electrons. The van der Waals surface area contributed by atoms with E-state index in [4.69, 9.17) is 11.6 Å². The fraction of sp³-hybridized carbons (Fsp3) is 0.538. The summed E-state index contributed by atoms with van der Waals surface area (Å²) >= 11 is 9.71. The van der Waals surface area contributed by atoms with Crippen molar-refractivity contribution in [1.82, 2.24) is 10.2 Å². The second-order valence-corrected chi connectivity index (χ2v) is 6.01. The molecule has 0 amide bonds. The molecule has 1 unspecified atom stereocenters. The third kappa shape index (κ3) is 4.39. The Morgan fingerprint density at radius 2 is 2.28 bits per heavy atom. The van der Waals surface area contributed by atoms with E-state index in [1.807, 2.05) is 19.2 Å². The van der Waals surface area contributed by atoms with Crippen molar-refractivity contribution >= 4 is 39.9 Å². The van der Waals surface area contributed by atoms with E-state index in [0.717, 1.165) is 28.5 Å². The van der Waals surface area contributed by atoms with Gasteiger partial charge in [-0.1, -0.05) is 27.5 Å². The minimum atomic E-state index is 0. The smallest absolute Gasteiger partial charge is 0.0451 e. The predicted octanol–water partition coefficient (Wildman–Crippen LogP) is 3.57. The zero-order valence-electron chi connectivity index (χ0n) is 10.5. The molecule has 1 aromatic rings. The molecular formula is C13H19BrCl2N2. The Kier molecular flexibility index (Phi) is 6.96. The van der Waals surface area contributed by atoms with Crippen molar-refractivity contribution in [3.8, 4) is 0 Å². The van der Waals surface area contributed by atoms with Crippen molar-refractivity contribution in [2.24, 2.45) is 5.92 Å². The molecule has 0 aliphatic carbocycles. The molecule has 1 saturated heterocycles. The second-order valence-electron chi connectivity index (χ2n) is 4.68. The lowest BCUT2D eigenvalue weighted by Gasteiger charge is -2.17. The summed E-state index contributed by atoms with van der Waals surface area (Å²) in [5, 5.41) is 4.12. The van der Waals surface area contributed by atoms with Crippen LogP contribution in [-0.2, 0) is 6.54 Å². The molecule has 2 nitrogen and oxygen atoms in total. The molecule has 0 aromatic heterocycles. The van der Waals surface area contributed by atoms with Crippen molar-refractivity contribution in [3.05, 3.63) is 33.3 Å². The maximum Gasteiger partial charge on any atom is 0.0451 e. The van der Waals surface area contributed by atoms with Crippen molar-refractivity contribution < 1.29 is 0 Å². The van der Waals surface area contributed by atoms with Gasteiger partial charge in [0.25, 0.3) is 0 Å². The fourth-order valence-corrected chi connectivity index (χ4v) is 3.00. The van der Waals surface area contributed by atoms with E-state index in [1.54, 1.807) is 0 Å². The Balaban J connectivity index is 0.00000162. The van der Waals surface area contributed by atoms with Gasteiger partial charge in [0.2, 0.25) is 0 Å². The third-order valence-electron chi connectivity index (χ3n) is 3.26. The van der Waals surface area contributed by atoms with Crippen molar-refractivity contribution in [2.75, 3.05) is 26.7 Å². The van der Waals surface area contributed by atoms with Gasteiger partial charge in [-0.2, -0.15) is 0 Å². The molecule has 1 aromatic carbocycles. The first-order valence-corrected chi connectivity index (χ1v) is 7.17. The molecule has 1 aliphatic heterocycles. The SMILES string of the molecule is CNCC1CCN(Cc2cc(Br)ccc2Cl)C1.Cl. The van der Waals surface area contributed by atoms with E-state index >= 15 is 0 Å². The first kappa shape index (κ1) is 16.3. The summed E-state index contributed by atoms with van der Waals surface area (Å²) in [5.41, 5.74) is 1.21. The van der Waals surface area contributed by atoms with Crippen LogP contribution < -0.4 is 5.32 Å². The molecular weight excluding hydrogens is 335 g/mol. The van der Waals surface area contributed by atoms with Gasteiger partial charge in [0.05, 0.1) is 0 Å². The number of hydrogen-bond acceptors (Lipinski definition) is 2. The van der Waals surface area contributed by atoms with E-state index in [0.29, 0.717) is 0 Å². The van der Waals surface area contributed by atoms with Crippen LogP contribution >= 0.6 is 39.9 Å². The number of nitrogens with zero attached hydrogens (tertiary/aromatic N) is 1. The number of likely N-dealkylation sites (tertiary alicyclic amines) is 1. The fourth-order valence-electron chi connectivity index (χ4n) is 2.42. The first-order valence-electron chi connectivity index (χ1n) is 6.00. The number of benzene rings is 1. The molecule has 2 rings (SSSR count). The van der Waals surface area contributed by atoms with Crippen LogP contribution in [0.1, 0.15) is 12.0 Å². The van der Waals surface area contributed by atoms with Gasteiger partial charge in [0.1, 0.15) is 0 Å². The molecule has 0 spiro atoms. The Labute approximate surface area is 129 Å². The molecule has 0 bridgehead atoms. The van der Waals surface area contributed by atoms with Crippen LogP contribution in [0.5, 0.6) is 0 Å².